The zero-order chi connectivity index (χ0) is 54.0. The predicted octanol–water partition coefficient (Wildman–Crippen LogP) is 5.58. The molecule has 2 saturated heterocycles. The summed E-state index contributed by atoms with van der Waals surface area (Å²) in [5.74, 6) is -4.11. The van der Waals surface area contributed by atoms with Crippen LogP contribution in [0, 0.1) is 17.8 Å². The average Bonchev–Trinajstić information content (AvgIpc) is 3.87. The number of aromatic hydroxyl groups is 4. The van der Waals surface area contributed by atoms with Gasteiger partial charge in [-0.3, -0.25) is 19.5 Å². The van der Waals surface area contributed by atoms with Crippen molar-refractivity contribution < 1.29 is 78.0 Å². The van der Waals surface area contributed by atoms with E-state index in [0.717, 1.165) is 22.9 Å². The van der Waals surface area contributed by atoms with Gasteiger partial charge in [-0.05, 0) is 76.5 Å². The van der Waals surface area contributed by atoms with Crippen LogP contribution in [-0.2, 0) is 51.1 Å². The average molecular weight is 1070 g/mol. The highest BCUT2D eigenvalue weighted by atomic mass is 35.5. The number of allylic oxidation sites excluding steroid dienone is 3. The Labute approximate surface area is 437 Å². The highest BCUT2D eigenvalue weighted by Crippen LogP contribution is 2.49. The standard InChI is InChI=1S/C51H66ClN5O16S/c1-27-10-9-11-37(69-8)51(67)25-35(70-49(66)53-51)28(2)45-50(4,72-45)38(24-42(61)55(6)33-21-31(20-27)22-34(68-7)44(33)52)71-47(64)29(3)54(5)39(58)18-19-74-36-23-43(62)56(46(36)63)26-30-12-14-32(15-13-30)48(65)73-57-40(59)16-17-41(57)60/h9-11,16-17,21-23,28-30,32,35,37-38,45,59-60,62-63,67H,12-15,18-20,24-26H2,1-8H3,(H,53,66). The van der Waals surface area contributed by atoms with E-state index in [1.807, 2.05) is 13.0 Å². The molecule has 1 aliphatic carbocycles. The molecule has 3 amide bonds. The van der Waals surface area contributed by atoms with Crippen molar-refractivity contribution in [3.8, 4) is 29.3 Å². The lowest BCUT2D eigenvalue weighted by molar-refractivity contribution is -0.162. The molecule has 23 heteroatoms. The Morgan fingerprint density at radius 2 is 1.73 bits per heavy atom. The molecule has 0 spiro atoms. The summed E-state index contributed by atoms with van der Waals surface area (Å²) in [6.07, 6.45) is 2.33. The molecule has 1 saturated carbocycles. The third-order valence-electron chi connectivity index (χ3n) is 14.7. The fourth-order valence-electron chi connectivity index (χ4n) is 9.93. The molecule has 1 aromatic carbocycles. The van der Waals surface area contributed by atoms with Gasteiger partial charge in [0.05, 0.1) is 36.1 Å². The smallest absolute Gasteiger partial charge is 0.409 e. The molecule has 74 heavy (non-hydrogen) atoms. The number of aromatic nitrogens is 2. The molecular weight excluding hydrogens is 1010 g/mol. The highest BCUT2D eigenvalue weighted by Gasteiger charge is 2.64. The lowest BCUT2D eigenvalue weighted by Crippen LogP contribution is -2.63. The molecule has 0 radical (unpaired) electrons. The molecule has 3 fully saturated rings. The molecule has 4 bridgehead atoms. The topological polar surface area (TPSA) is 274 Å². The first-order valence-electron chi connectivity index (χ1n) is 24.4. The van der Waals surface area contributed by atoms with Crippen molar-refractivity contribution in [2.75, 3.05) is 39.0 Å². The Hall–Kier alpha value is -6.07. The number of esters is 1. The maximum Gasteiger partial charge on any atom is 0.409 e. The fraction of sp³-hybridized carbons (Fsp3) is 0.549. The van der Waals surface area contributed by atoms with Gasteiger partial charge in [0.2, 0.25) is 29.5 Å². The number of alkyl carbamates (subject to hydrolysis) is 1. The number of benzene rings is 1. The number of likely N-dealkylation sites (N-methyl/N-ethyl adjacent to an activating group) is 1. The first-order chi connectivity index (χ1) is 35.0. The van der Waals surface area contributed by atoms with E-state index in [0.29, 0.717) is 53.2 Å². The highest BCUT2D eigenvalue weighted by molar-refractivity contribution is 7.99. The van der Waals surface area contributed by atoms with Gasteiger partial charge in [0.15, 0.2) is 11.6 Å². The van der Waals surface area contributed by atoms with E-state index >= 15 is 0 Å². The maximum atomic E-state index is 14.4. The SMILES string of the molecule is COc1cc2cc(c1Cl)N(C)C(=O)CC(OC(=O)C(C)N(C)C(=O)CCSc1cc(O)n(CC3CCC(C(=O)On4c(O)ccc4O)CC3)c1O)C1(C)OC1C(C)C1CC(O)(NC(=O)O1)C(OC)C=CC=C(C)C2. The molecule has 8 unspecified atom stereocenters. The van der Waals surface area contributed by atoms with Crippen molar-refractivity contribution in [3.63, 3.8) is 0 Å². The zero-order valence-electron chi connectivity index (χ0n) is 42.6. The number of nitrogens with zero attached hydrogens (tertiary/aromatic N) is 4. The van der Waals surface area contributed by atoms with Gasteiger partial charge in [0.25, 0.3) is 0 Å². The summed E-state index contributed by atoms with van der Waals surface area (Å²) in [5, 5.41) is 56.1. The summed E-state index contributed by atoms with van der Waals surface area (Å²) < 4.78 is 31.5. The number of thioether (sulfide) groups is 1. The summed E-state index contributed by atoms with van der Waals surface area (Å²) in [4.78, 5) is 75.9. The van der Waals surface area contributed by atoms with Crippen LogP contribution in [0.15, 0.2) is 59.0 Å². The van der Waals surface area contributed by atoms with Gasteiger partial charge < -0.3 is 63.9 Å². The number of ether oxygens (including phenoxy) is 5. The third-order valence-corrected chi connectivity index (χ3v) is 16.1. The van der Waals surface area contributed by atoms with Gasteiger partial charge in [-0.2, -0.15) is 0 Å². The number of carbonyl (C=O) groups is 5. The number of methoxy groups -OCH3 is 2. The number of halogens is 1. The Morgan fingerprint density at radius 1 is 1.04 bits per heavy atom. The van der Waals surface area contributed by atoms with E-state index in [2.05, 4.69) is 5.32 Å². The number of carbonyl (C=O) groups excluding carboxylic acids is 5. The molecule has 5 heterocycles. The Morgan fingerprint density at radius 3 is 2.39 bits per heavy atom. The van der Waals surface area contributed by atoms with E-state index in [1.54, 1.807) is 45.2 Å². The molecule has 8 atom stereocenters. The number of nitrogens with one attached hydrogen (secondary N) is 1. The fourth-order valence-corrected chi connectivity index (χ4v) is 11.2. The van der Waals surface area contributed by atoms with E-state index in [9.17, 15) is 49.5 Å². The Kier molecular flexibility index (Phi) is 17.2. The van der Waals surface area contributed by atoms with E-state index in [1.165, 1.54) is 60.8 Å². The molecule has 21 nitrogen and oxygen atoms in total. The number of fused-ring (bicyclic) bond motifs is 5. The lowest BCUT2D eigenvalue weighted by atomic mass is 9.82. The maximum absolute atomic E-state index is 14.4. The quantitative estimate of drug-likeness (QED) is 0.0692. The van der Waals surface area contributed by atoms with Crippen molar-refractivity contribution in [3.05, 3.63) is 64.7 Å². The monoisotopic (exact) mass is 1070 g/mol. The first kappa shape index (κ1) is 55.7. The van der Waals surface area contributed by atoms with Crippen molar-refractivity contribution >= 4 is 58.9 Å². The summed E-state index contributed by atoms with van der Waals surface area (Å²) in [6.45, 7) is 7.10. The number of epoxide rings is 1. The molecule has 4 aliphatic rings. The molecule has 6 N–H and O–H groups in total. The normalized spacial score (nSPS) is 27.7. The summed E-state index contributed by atoms with van der Waals surface area (Å²) >= 11 is 7.96. The summed E-state index contributed by atoms with van der Waals surface area (Å²) in [6, 6.07) is 6.18. The van der Waals surface area contributed by atoms with Crippen LogP contribution in [0.3, 0.4) is 0 Å². The van der Waals surface area contributed by atoms with Crippen molar-refractivity contribution in [1.82, 2.24) is 19.5 Å². The van der Waals surface area contributed by atoms with Crippen LogP contribution in [0.25, 0.3) is 0 Å². The van der Waals surface area contributed by atoms with Crippen LogP contribution in [0.2, 0.25) is 5.02 Å². The van der Waals surface area contributed by atoms with Crippen molar-refractivity contribution in [1.29, 1.82) is 0 Å². The van der Waals surface area contributed by atoms with Crippen LogP contribution in [0.1, 0.15) is 78.2 Å². The Balaban J connectivity index is 1.01. The number of hydrogen-bond donors (Lipinski definition) is 6. The predicted molar refractivity (Wildman–Crippen MR) is 269 cm³/mol. The van der Waals surface area contributed by atoms with Crippen LogP contribution >= 0.6 is 23.4 Å². The molecule has 3 aromatic rings. The summed E-state index contributed by atoms with van der Waals surface area (Å²) in [5.41, 5.74) is -1.20. The third kappa shape index (κ3) is 12.0. The van der Waals surface area contributed by atoms with Crippen LogP contribution in [-0.4, -0.2) is 145 Å². The molecule has 404 valence electrons. The van der Waals surface area contributed by atoms with Gasteiger partial charge in [0.1, 0.15) is 40.7 Å². The lowest BCUT2D eigenvalue weighted by Gasteiger charge is -2.42. The number of hydrogen-bond acceptors (Lipinski definition) is 17. The first-order valence-corrected chi connectivity index (χ1v) is 25.8. The van der Waals surface area contributed by atoms with E-state index in [4.69, 9.17) is 40.1 Å². The number of rotatable bonds is 13. The van der Waals surface area contributed by atoms with Gasteiger partial charge in [0, 0.05) is 70.5 Å². The Bertz CT molecular complexity index is 2650. The second-order valence-electron chi connectivity index (χ2n) is 19.8. The molecule has 2 aromatic heterocycles. The summed E-state index contributed by atoms with van der Waals surface area (Å²) in [7, 11) is 5.86. The molecule has 3 aliphatic heterocycles. The van der Waals surface area contributed by atoms with E-state index in [-0.39, 0.29) is 47.8 Å². The van der Waals surface area contributed by atoms with Crippen LogP contribution in [0.5, 0.6) is 29.3 Å². The van der Waals surface area contributed by atoms with Crippen LogP contribution in [0.4, 0.5) is 10.5 Å². The number of anilines is 1. The second kappa shape index (κ2) is 22.8. The number of amides is 3. The minimum Gasteiger partial charge on any atom is -0.495 e. The van der Waals surface area contributed by atoms with Gasteiger partial charge in [-0.25, -0.2) is 14.4 Å². The minimum absolute atomic E-state index is 0.00533. The molecule has 7 rings (SSSR count). The van der Waals surface area contributed by atoms with Gasteiger partial charge in [-0.15, -0.1) is 16.5 Å². The zero-order valence-corrected chi connectivity index (χ0v) is 44.2. The minimum atomic E-state index is -1.89. The van der Waals surface area contributed by atoms with Crippen molar-refractivity contribution in [2.45, 2.75) is 132 Å². The second-order valence-corrected chi connectivity index (χ2v) is 21.3. The van der Waals surface area contributed by atoms with Gasteiger partial charge >= 0.3 is 18.0 Å². The van der Waals surface area contributed by atoms with Gasteiger partial charge in [-0.1, -0.05) is 42.3 Å². The number of aliphatic hydroxyl groups is 1. The van der Waals surface area contributed by atoms with E-state index < -0.39 is 102 Å². The largest absolute Gasteiger partial charge is 0.495 e. The molecular formula is C51H66ClN5O16S. The van der Waals surface area contributed by atoms with Crippen LogP contribution < -0.4 is 19.8 Å². The van der Waals surface area contributed by atoms with Crippen molar-refractivity contribution in [2.24, 2.45) is 17.8 Å².